The molecule has 0 saturated carbocycles. The summed E-state index contributed by atoms with van der Waals surface area (Å²) in [5.41, 5.74) is 1.12. The first-order chi connectivity index (χ1) is 7.36. The Morgan fingerprint density at radius 2 is 1.73 bits per heavy atom. The Kier molecular flexibility index (Phi) is 6.77. The van der Waals surface area contributed by atoms with Gasteiger partial charge in [0, 0.05) is 11.8 Å². The van der Waals surface area contributed by atoms with Crippen molar-refractivity contribution in [1.29, 1.82) is 0 Å². The minimum Gasteiger partial charge on any atom is -0.351 e. The van der Waals surface area contributed by atoms with E-state index in [9.17, 15) is 0 Å². The molecular weight excluding hydrogens is 235 g/mol. The second-order valence-electron chi connectivity index (χ2n) is 3.05. The van der Waals surface area contributed by atoms with Crippen LogP contribution in [0.3, 0.4) is 0 Å². The zero-order chi connectivity index (χ0) is 10.9. The first-order valence-corrected chi connectivity index (χ1v) is 5.79. The molecule has 0 heterocycles. The molecule has 0 N–H and O–H groups in total. The average molecular weight is 249 g/mol. The third-order valence-corrected chi connectivity index (χ3v) is 2.53. The Balaban J connectivity index is 2.12. The van der Waals surface area contributed by atoms with Crippen molar-refractivity contribution < 1.29 is 9.47 Å². The first kappa shape index (κ1) is 12.8. The maximum atomic E-state index is 5.60. The van der Waals surface area contributed by atoms with Crippen LogP contribution in [0.4, 0.5) is 0 Å². The zero-order valence-electron chi connectivity index (χ0n) is 8.36. The zero-order valence-corrected chi connectivity index (χ0v) is 9.88. The minimum atomic E-state index is -0.135. The Morgan fingerprint density at radius 3 is 2.33 bits per heavy atom. The highest BCUT2D eigenvalue weighted by molar-refractivity contribution is 6.21. The van der Waals surface area contributed by atoms with Gasteiger partial charge in [-0.25, -0.2) is 0 Å². The summed E-state index contributed by atoms with van der Waals surface area (Å²) < 4.78 is 10.6. The predicted octanol–water partition coefficient (Wildman–Crippen LogP) is 3.02. The molecule has 0 aliphatic rings. The third-order valence-electron chi connectivity index (χ3n) is 1.84. The quantitative estimate of drug-likeness (QED) is 0.420. The molecule has 0 aromatic heterocycles. The Morgan fingerprint density at radius 1 is 1.07 bits per heavy atom. The number of hydrogen-bond acceptors (Lipinski definition) is 2. The van der Waals surface area contributed by atoms with E-state index in [4.69, 9.17) is 32.7 Å². The van der Waals surface area contributed by atoms with Gasteiger partial charge in [0.25, 0.3) is 0 Å². The molecule has 4 heteroatoms. The fourth-order valence-corrected chi connectivity index (χ4v) is 1.52. The van der Waals surface area contributed by atoms with Crippen LogP contribution in [0, 0.1) is 0 Å². The number of halogens is 2. The molecule has 2 nitrogen and oxygen atoms in total. The van der Waals surface area contributed by atoms with Gasteiger partial charge in [0.15, 0.2) is 0 Å². The van der Waals surface area contributed by atoms with Crippen molar-refractivity contribution in [3.05, 3.63) is 35.9 Å². The van der Waals surface area contributed by atoms with Gasteiger partial charge in [0.05, 0.1) is 12.7 Å². The van der Waals surface area contributed by atoms with Gasteiger partial charge in [-0.3, -0.25) is 0 Å². The Hall–Kier alpha value is -0.280. The van der Waals surface area contributed by atoms with Crippen LogP contribution in [0.5, 0.6) is 0 Å². The van der Waals surface area contributed by atoms with Crippen LogP contribution >= 0.6 is 23.2 Å². The van der Waals surface area contributed by atoms with Gasteiger partial charge in [-0.15, -0.1) is 23.2 Å². The minimum absolute atomic E-state index is 0.135. The molecule has 0 aliphatic heterocycles. The summed E-state index contributed by atoms with van der Waals surface area (Å²) in [6, 6.07) is 9.91. The van der Waals surface area contributed by atoms with E-state index in [2.05, 4.69) is 0 Å². The summed E-state index contributed by atoms with van der Waals surface area (Å²) in [7, 11) is 0. The van der Waals surface area contributed by atoms with E-state index < -0.39 is 0 Å². The lowest BCUT2D eigenvalue weighted by Crippen LogP contribution is -2.18. The fourth-order valence-electron chi connectivity index (χ4n) is 1.01. The van der Waals surface area contributed by atoms with E-state index >= 15 is 0 Å². The summed E-state index contributed by atoms with van der Waals surface area (Å²) in [6.45, 7) is 0.761. The van der Waals surface area contributed by atoms with E-state index in [1.165, 1.54) is 0 Å². The lowest BCUT2D eigenvalue weighted by molar-refractivity contribution is -0.0832. The molecular formula is C11H14Cl2O2. The number of alkyl halides is 2. The van der Waals surface area contributed by atoms with E-state index in [0.29, 0.717) is 18.4 Å². The number of rotatable bonds is 7. The molecule has 84 valence electrons. The van der Waals surface area contributed by atoms with Crippen molar-refractivity contribution in [3.8, 4) is 0 Å². The highest BCUT2D eigenvalue weighted by atomic mass is 35.5. The molecule has 1 rings (SSSR count). The van der Waals surface area contributed by atoms with Crippen molar-refractivity contribution in [2.45, 2.75) is 12.7 Å². The van der Waals surface area contributed by atoms with Crippen LogP contribution in [-0.4, -0.2) is 24.7 Å². The second kappa shape index (κ2) is 7.94. The Bertz CT molecular complexity index is 250. The van der Waals surface area contributed by atoms with Gasteiger partial charge in [-0.1, -0.05) is 30.3 Å². The SMILES string of the molecule is ClCC(CCl)OCOCc1ccccc1. The van der Waals surface area contributed by atoms with Gasteiger partial charge in [0.1, 0.15) is 6.79 Å². The van der Waals surface area contributed by atoms with Crippen LogP contribution < -0.4 is 0 Å². The molecule has 0 amide bonds. The van der Waals surface area contributed by atoms with E-state index in [1.54, 1.807) is 0 Å². The van der Waals surface area contributed by atoms with Crippen molar-refractivity contribution in [2.24, 2.45) is 0 Å². The van der Waals surface area contributed by atoms with Gasteiger partial charge in [0.2, 0.25) is 0 Å². The first-order valence-electron chi connectivity index (χ1n) is 4.72. The number of ether oxygens (including phenoxy) is 2. The lowest BCUT2D eigenvalue weighted by Gasteiger charge is -2.11. The predicted molar refractivity (Wildman–Crippen MR) is 62.4 cm³/mol. The largest absolute Gasteiger partial charge is 0.351 e. The molecule has 0 unspecified atom stereocenters. The van der Waals surface area contributed by atoms with Gasteiger partial charge in [-0.2, -0.15) is 0 Å². The summed E-state index contributed by atoms with van der Waals surface area (Å²) in [5, 5.41) is 0. The molecule has 0 bridgehead atoms. The molecule has 0 radical (unpaired) electrons. The molecule has 0 aliphatic carbocycles. The summed E-state index contributed by atoms with van der Waals surface area (Å²) in [5.74, 6) is 0.774. The molecule has 1 aromatic rings. The highest BCUT2D eigenvalue weighted by Gasteiger charge is 2.04. The number of hydrogen-bond donors (Lipinski definition) is 0. The van der Waals surface area contributed by atoms with E-state index in [0.717, 1.165) is 5.56 Å². The van der Waals surface area contributed by atoms with Crippen LogP contribution in [-0.2, 0) is 16.1 Å². The van der Waals surface area contributed by atoms with Crippen LogP contribution in [0.15, 0.2) is 30.3 Å². The Labute approximate surface area is 100 Å². The van der Waals surface area contributed by atoms with Gasteiger partial charge >= 0.3 is 0 Å². The molecule has 0 fully saturated rings. The molecule has 0 spiro atoms. The number of benzene rings is 1. The van der Waals surface area contributed by atoms with Gasteiger partial charge < -0.3 is 9.47 Å². The van der Waals surface area contributed by atoms with Crippen LogP contribution in [0.2, 0.25) is 0 Å². The van der Waals surface area contributed by atoms with Crippen molar-refractivity contribution in [3.63, 3.8) is 0 Å². The topological polar surface area (TPSA) is 18.5 Å². The van der Waals surface area contributed by atoms with E-state index in [-0.39, 0.29) is 12.9 Å². The molecule has 0 atom stereocenters. The average Bonchev–Trinajstić information content (AvgIpc) is 2.31. The molecule has 1 aromatic carbocycles. The van der Waals surface area contributed by atoms with Crippen molar-refractivity contribution >= 4 is 23.2 Å². The van der Waals surface area contributed by atoms with Crippen molar-refractivity contribution in [2.75, 3.05) is 18.6 Å². The maximum Gasteiger partial charge on any atom is 0.147 e. The summed E-state index contributed by atoms with van der Waals surface area (Å²) in [4.78, 5) is 0. The molecule has 0 saturated heterocycles. The second-order valence-corrected chi connectivity index (χ2v) is 3.67. The smallest absolute Gasteiger partial charge is 0.147 e. The third kappa shape index (κ3) is 5.38. The van der Waals surface area contributed by atoms with Gasteiger partial charge in [-0.05, 0) is 5.56 Å². The standard InChI is InChI=1S/C11H14Cl2O2/c12-6-11(7-13)15-9-14-8-10-4-2-1-3-5-10/h1-5,11H,6-9H2. The van der Waals surface area contributed by atoms with Crippen LogP contribution in [0.25, 0.3) is 0 Å². The normalized spacial score (nSPS) is 10.9. The lowest BCUT2D eigenvalue weighted by atomic mass is 10.2. The van der Waals surface area contributed by atoms with Crippen LogP contribution in [0.1, 0.15) is 5.56 Å². The van der Waals surface area contributed by atoms with Crippen molar-refractivity contribution in [1.82, 2.24) is 0 Å². The fraction of sp³-hybridized carbons (Fsp3) is 0.455. The highest BCUT2D eigenvalue weighted by Crippen LogP contribution is 2.02. The monoisotopic (exact) mass is 248 g/mol. The summed E-state index contributed by atoms with van der Waals surface area (Å²) in [6.07, 6.45) is -0.135. The summed E-state index contributed by atoms with van der Waals surface area (Å²) >= 11 is 11.2. The molecule has 15 heavy (non-hydrogen) atoms. The van der Waals surface area contributed by atoms with E-state index in [1.807, 2.05) is 30.3 Å². The maximum absolute atomic E-state index is 5.60.